The van der Waals surface area contributed by atoms with Crippen LogP contribution in [0.2, 0.25) is 0 Å². The molecule has 5 heteroatoms. The van der Waals surface area contributed by atoms with E-state index in [1.807, 2.05) is 11.8 Å². The van der Waals surface area contributed by atoms with Crippen LogP contribution in [0.4, 0.5) is 5.82 Å². The Morgan fingerprint density at radius 1 is 1.29 bits per heavy atom. The lowest BCUT2D eigenvalue weighted by atomic mass is 10.2. The van der Waals surface area contributed by atoms with Crippen LogP contribution in [0.3, 0.4) is 0 Å². The van der Waals surface area contributed by atoms with E-state index in [2.05, 4.69) is 15.4 Å². The van der Waals surface area contributed by atoms with Gasteiger partial charge in [-0.15, -0.1) is 0 Å². The first-order chi connectivity index (χ1) is 6.88. The Kier molecular flexibility index (Phi) is 1.88. The van der Waals surface area contributed by atoms with E-state index in [1.54, 1.807) is 0 Å². The number of hydrogen-bond acceptors (Lipinski definition) is 5. The van der Waals surface area contributed by atoms with E-state index < -0.39 is 0 Å². The first-order valence-corrected chi connectivity index (χ1v) is 5.98. The Bertz CT molecular complexity index is 375. The SMILES string of the molecule is NNc1nc(C2CC2)nc2c1CSC2. The minimum atomic E-state index is 0.595. The van der Waals surface area contributed by atoms with E-state index in [0.717, 1.165) is 23.1 Å². The summed E-state index contributed by atoms with van der Waals surface area (Å²) in [5.41, 5.74) is 5.06. The highest BCUT2D eigenvalue weighted by molar-refractivity contribution is 7.98. The minimum absolute atomic E-state index is 0.595. The molecule has 1 aromatic rings. The summed E-state index contributed by atoms with van der Waals surface area (Å²) in [5.74, 6) is 9.87. The fraction of sp³-hybridized carbons (Fsp3) is 0.556. The zero-order valence-corrected chi connectivity index (χ0v) is 8.60. The van der Waals surface area contributed by atoms with Crippen molar-refractivity contribution >= 4 is 17.6 Å². The molecule has 0 radical (unpaired) electrons. The Hall–Kier alpha value is -0.810. The summed E-state index contributed by atoms with van der Waals surface area (Å²) < 4.78 is 0. The number of nitrogens with one attached hydrogen (secondary N) is 1. The number of nitrogen functional groups attached to an aromatic ring is 1. The fourth-order valence-corrected chi connectivity index (χ4v) is 2.76. The molecule has 0 saturated heterocycles. The van der Waals surface area contributed by atoms with Crippen LogP contribution in [-0.2, 0) is 11.5 Å². The molecule has 2 heterocycles. The second-order valence-corrected chi connectivity index (χ2v) is 4.75. The van der Waals surface area contributed by atoms with Crippen molar-refractivity contribution in [2.24, 2.45) is 5.84 Å². The van der Waals surface area contributed by atoms with Crippen LogP contribution in [0.25, 0.3) is 0 Å². The number of nitrogens with zero attached hydrogens (tertiary/aromatic N) is 2. The molecule has 1 aromatic heterocycles. The van der Waals surface area contributed by atoms with Gasteiger partial charge in [0.25, 0.3) is 0 Å². The molecule has 1 fully saturated rings. The molecular formula is C9H12N4S. The average Bonchev–Trinajstić information content (AvgIpc) is 2.95. The van der Waals surface area contributed by atoms with Crippen molar-refractivity contribution in [3.05, 3.63) is 17.1 Å². The molecule has 0 aromatic carbocycles. The van der Waals surface area contributed by atoms with Gasteiger partial charge in [0.15, 0.2) is 0 Å². The molecule has 0 bridgehead atoms. The van der Waals surface area contributed by atoms with Crippen molar-refractivity contribution in [2.75, 3.05) is 5.43 Å². The molecular weight excluding hydrogens is 196 g/mol. The van der Waals surface area contributed by atoms with Gasteiger partial charge in [-0.05, 0) is 12.8 Å². The van der Waals surface area contributed by atoms with Crippen LogP contribution in [0, 0.1) is 0 Å². The third kappa shape index (κ3) is 1.27. The summed E-state index contributed by atoms with van der Waals surface area (Å²) in [7, 11) is 0. The van der Waals surface area contributed by atoms with Crippen LogP contribution in [-0.4, -0.2) is 9.97 Å². The van der Waals surface area contributed by atoms with E-state index in [-0.39, 0.29) is 0 Å². The maximum Gasteiger partial charge on any atom is 0.148 e. The zero-order chi connectivity index (χ0) is 9.54. The first kappa shape index (κ1) is 8.49. The second kappa shape index (κ2) is 3.10. The van der Waals surface area contributed by atoms with Crippen molar-refractivity contribution in [1.82, 2.24) is 9.97 Å². The molecule has 1 aliphatic heterocycles. The smallest absolute Gasteiger partial charge is 0.148 e. The molecule has 3 N–H and O–H groups in total. The number of fused-ring (bicyclic) bond motifs is 1. The lowest BCUT2D eigenvalue weighted by Crippen LogP contribution is -2.13. The number of thioether (sulfide) groups is 1. The first-order valence-electron chi connectivity index (χ1n) is 4.82. The van der Waals surface area contributed by atoms with Gasteiger partial charge < -0.3 is 5.43 Å². The molecule has 1 aliphatic carbocycles. The highest BCUT2D eigenvalue weighted by Gasteiger charge is 2.29. The standard InChI is InChI=1S/C9H12N4S/c10-13-9-6-3-14-4-7(6)11-8(12-9)5-1-2-5/h5H,1-4,10H2,(H,11,12,13). The molecule has 4 nitrogen and oxygen atoms in total. The fourth-order valence-electron chi connectivity index (χ4n) is 1.71. The lowest BCUT2D eigenvalue weighted by molar-refractivity contribution is 0.894. The quantitative estimate of drug-likeness (QED) is 0.568. The summed E-state index contributed by atoms with van der Waals surface area (Å²) >= 11 is 1.88. The average molecular weight is 208 g/mol. The zero-order valence-electron chi connectivity index (χ0n) is 7.79. The molecule has 14 heavy (non-hydrogen) atoms. The van der Waals surface area contributed by atoms with Crippen LogP contribution in [0.1, 0.15) is 35.8 Å². The largest absolute Gasteiger partial charge is 0.308 e. The molecule has 3 rings (SSSR count). The Morgan fingerprint density at radius 2 is 2.14 bits per heavy atom. The highest BCUT2D eigenvalue weighted by atomic mass is 32.2. The maximum absolute atomic E-state index is 5.46. The molecule has 0 amide bonds. The van der Waals surface area contributed by atoms with Crippen molar-refractivity contribution in [3.8, 4) is 0 Å². The lowest BCUT2D eigenvalue weighted by Gasteiger charge is -2.07. The predicted octanol–water partition coefficient (Wildman–Crippen LogP) is 1.39. The van der Waals surface area contributed by atoms with Crippen molar-refractivity contribution in [3.63, 3.8) is 0 Å². The molecule has 0 spiro atoms. The number of hydrazine groups is 1. The van der Waals surface area contributed by atoms with E-state index in [0.29, 0.717) is 5.92 Å². The van der Waals surface area contributed by atoms with Gasteiger partial charge in [-0.1, -0.05) is 0 Å². The van der Waals surface area contributed by atoms with Crippen LogP contribution in [0.5, 0.6) is 0 Å². The molecule has 2 aliphatic rings. The molecule has 74 valence electrons. The van der Waals surface area contributed by atoms with Gasteiger partial charge in [-0.3, -0.25) is 0 Å². The van der Waals surface area contributed by atoms with Gasteiger partial charge in [0.2, 0.25) is 0 Å². The third-order valence-corrected chi connectivity index (χ3v) is 3.64. The Balaban J connectivity index is 2.08. The number of nitrogens with two attached hydrogens (primary N) is 1. The van der Waals surface area contributed by atoms with E-state index in [1.165, 1.54) is 24.1 Å². The number of anilines is 1. The summed E-state index contributed by atoms with van der Waals surface area (Å²) in [6.07, 6.45) is 2.46. The van der Waals surface area contributed by atoms with Gasteiger partial charge in [-0.25, -0.2) is 15.8 Å². The van der Waals surface area contributed by atoms with Crippen LogP contribution in [0.15, 0.2) is 0 Å². The minimum Gasteiger partial charge on any atom is -0.308 e. The van der Waals surface area contributed by atoms with E-state index in [9.17, 15) is 0 Å². The number of rotatable bonds is 2. The Labute approximate surface area is 86.7 Å². The van der Waals surface area contributed by atoms with Crippen LogP contribution < -0.4 is 11.3 Å². The van der Waals surface area contributed by atoms with Crippen molar-refractivity contribution in [1.29, 1.82) is 0 Å². The molecule has 0 atom stereocenters. The van der Waals surface area contributed by atoms with E-state index in [4.69, 9.17) is 5.84 Å². The van der Waals surface area contributed by atoms with Gasteiger partial charge in [0.1, 0.15) is 11.6 Å². The predicted molar refractivity (Wildman–Crippen MR) is 56.8 cm³/mol. The summed E-state index contributed by atoms with van der Waals surface area (Å²) in [5, 5.41) is 0. The molecule has 1 saturated carbocycles. The summed E-state index contributed by atoms with van der Waals surface area (Å²) in [6.45, 7) is 0. The van der Waals surface area contributed by atoms with Crippen molar-refractivity contribution < 1.29 is 0 Å². The Morgan fingerprint density at radius 3 is 2.86 bits per heavy atom. The van der Waals surface area contributed by atoms with Gasteiger partial charge in [-0.2, -0.15) is 11.8 Å². The second-order valence-electron chi connectivity index (χ2n) is 3.77. The van der Waals surface area contributed by atoms with Crippen LogP contribution >= 0.6 is 11.8 Å². The topological polar surface area (TPSA) is 63.8 Å². The number of aromatic nitrogens is 2. The van der Waals surface area contributed by atoms with Gasteiger partial charge in [0, 0.05) is 23.0 Å². The maximum atomic E-state index is 5.46. The van der Waals surface area contributed by atoms with Gasteiger partial charge in [0.05, 0.1) is 5.69 Å². The number of hydrogen-bond donors (Lipinski definition) is 2. The van der Waals surface area contributed by atoms with Gasteiger partial charge >= 0.3 is 0 Å². The monoisotopic (exact) mass is 208 g/mol. The third-order valence-electron chi connectivity index (χ3n) is 2.67. The highest BCUT2D eigenvalue weighted by Crippen LogP contribution is 2.41. The van der Waals surface area contributed by atoms with Crippen molar-refractivity contribution in [2.45, 2.75) is 30.3 Å². The summed E-state index contributed by atoms with van der Waals surface area (Å²) in [4.78, 5) is 9.06. The van der Waals surface area contributed by atoms with E-state index >= 15 is 0 Å². The summed E-state index contributed by atoms with van der Waals surface area (Å²) in [6, 6.07) is 0. The normalized spacial score (nSPS) is 19.5. The molecule has 0 unspecified atom stereocenters.